The number of likely N-dealkylation sites (tertiary alicyclic amines) is 1. The summed E-state index contributed by atoms with van der Waals surface area (Å²) in [6, 6.07) is 5.19. The van der Waals surface area contributed by atoms with Gasteiger partial charge in [-0.3, -0.25) is 4.99 Å². The van der Waals surface area contributed by atoms with Gasteiger partial charge in [-0.15, -0.1) is 0 Å². The van der Waals surface area contributed by atoms with E-state index in [0.29, 0.717) is 9.89 Å². The summed E-state index contributed by atoms with van der Waals surface area (Å²) in [5.41, 5.74) is 1.70. The lowest BCUT2D eigenvalue weighted by Gasteiger charge is -2.38. The van der Waals surface area contributed by atoms with E-state index < -0.39 is 0 Å². The SMILES string of the molecule is CN=C(NCCc1ccc(F)c(Br)c1)N1CCC2(CCC2)C1. The van der Waals surface area contributed by atoms with E-state index in [1.54, 1.807) is 0 Å². The highest BCUT2D eigenvalue weighted by Crippen LogP contribution is 2.47. The number of nitrogens with zero attached hydrogens (tertiary/aromatic N) is 2. The van der Waals surface area contributed by atoms with Gasteiger partial charge >= 0.3 is 0 Å². The highest BCUT2D eigenvalue weighted by molar-refractivity contribution is 9.10. The Bertz CT molecular complexity index is 569. The molecule has 0 radical (unpaired) electrons. The van der Waals surface area contributed by atoms with Crippen LogP contribution in [0.2, 0.25) is 0 Å². The van der Waals surface area contributed by atoms with E-state index >= 15 is 0 Å². The third-order valence-corrected chi connectivity index (χ3v) is 5.65. The second-order valence-electron chi connectivity index (χ2n) is 6.50. The maximum Gasteiger partial charge on any atom is 0.193 e. The Hall–Kier alpha value is -1.10. The zero-order chi connectivity index (χ0) is 15.6. The summed E-state index contributed by atoms with van der Waals surface area (Å²) in [6.45, 7) is 3.07. The van der Waals surface area contributed by atoms with Crippen molar-refractivity contribution in [1.29, 1.82) is 0 Å². The number of rotatable bonds is 3. The lowest BCUT2D eigenvalue weighted by Crippen LogP contribution is -2.43. The number of hydrogen-bond acceptors (Lipinski definition) is 1. The first kappa shape index (κ1) is 15.8. The molecule has 0 atom stereocenters. The molecule has 3 rings (SSSR count). The number of halogens is 2. The first-order valence-electron chi connectivity index (χ1n) is 8.01. The van der Waals surface area contributed by atoms with Crippen LogP contribution in [-0.2, 0) is 6.42 Å². The molecule has 2 aliphatic rings. The molecule has 1 aromatic carbocycles. The lowest BCUT2D eigenvalue weighted by atomic mass is 9.68. The summed E-state index contributed by atoms with van der Waals surface area (Å²) < 4.78 is 13.8. The van der Waals surface area contributed by atoms with Gasteiger partial charge in [0, 0.05) is 26.7 Å². The molecule has 0 unspecified atom stereocenters. The van der Waals surface area contributed by atoms with E-state index in [1.165, 1.54) is 31.7 Å². The third kappa shape index (κ3) is 3.29. The van der Waals surface area contributed by atoms with Crippen molar-refractivity contribution in [3.8, 4) is 0 Å². The van der Waals surface area contributed by atoms with Gasteiger partial charge in [0.05, 0.1) is 4.47 Å². The van der Waals surface area contributed by atoms with E-state index in [2.05, 4.69) is 31.1 Å². The van der Waals surface area contributed by atoms with Crippen LogP contribution in [0.5, 0.6) is 0 Å². The number of guanidine groups is 1. The Morgan fingerprint density at radius 3 is 2.82 bits per heavy atom. The minimum absolute atomic E-state index is 0.213. The zero-order valence-corrected chi connectivity index (χ0v) is 14.6. The van der Waals surface area contributed by atoms with Crippen molar-refractivity contribution in [2.45, 2.75) is 32.1 Å². The van der Waals surface area contributed by atoms with Gasteiger partial charge in [0.25, 0.3) is 0 Å². The van der Waals surface area contributed by atoms with Crippen molar-refractivity contribution in [3.63, 3.8) is 0 Å². The van der Waals surface area contributed by atoms with Gasteiger partial charge in [0.15, 0.2) is 5.96 Å². The fourth-order valence-corrected chi connectivity index (χ4v) is 3.97. The van der Waals surface area contributed by atoms with Crippen molar-refractivity contribution in [2.24, 2.45) is 10.4 Å². The minimum Gasteiger partial charge on any atom is -0.356 e. The highest BCUT2D eigenvalue weighted by atomic mass is 79.9. The van der Waals surface area contributed by atoms with Gasteiger partial charge in [0.1, 0.15) is 5.82 Å². The molecule has 1 saturated carbocycles. The molecule has 1 N–H and O–H groups in total. The van der Waals surface area contributed by atoms with Crippen LogP contribution < -0.4 is 5.32 Å². The van der Waals surface area contributed by atoms with Crippen molar-refractivity contribution in [3.05, 3.63) is 34.1 Å². The van der Waals surface area contributed by atoms with Crippen molar-refractivity contribution in [1.82, 2.24) is 10.2 Å². The molecule has 0 aromatic heterocycles. The predicted octanol–water partition coefficient (Wildman–Crippen LogP) is 3.58. The van der Waals surface area contributed by atoms with Crippen molar-refractivity contribution < 1.29 is 4.39 Å². The first-order chi connectivity index (χ1) is 10.6. The molecule has 1 saturated heterocycles. The fraction of sp³-hybridized carbons (Fsp3) is 0.588. The normalized spacial score (nSPS) is 20.3. The highest BCUT2D eigenvalue weighted by Gasteiger charge is 2.43. The van der Waals surface area contributed by atoms with Crippen molar-refractivity contribution in [2.75, 3.05) is 26.7 Å². The number of hydrogen-bond donors (Lipinski definition) is 1. The second-order valence-corrected chi connectivity index (χ2v) is 7.35. The van der Waals surface area contributed by atoms with E-state index in [1.807, 2.05) is 19.2 Å². The Morgan fingerprint density at radius 2 is 2.23 bits per heavy atom. The summed E-state index contributed by atoms with van der Waals surface area (Å²) in [5, 5.41) is 3.45. The van der Waals surface area contributed by atoms with Gasteiger partial charge in [-0.25, -0.2) is 4.39 Å². The average Bonchev–Trinajstić information content (AvgIpc) is 2.93. The van der Waals surface area contributed by atoms with Gasteiger partial charge in [-0.2, -0.15) is 0 Å². The standard InChI is InChI=1S/C17H23BrFN3/c1-20-16(22-10-8-17(12-22)6-2-7-17)21-9-5-13-3-4-15(19)14(18)11-13/h3-4,11H,2,5-10,12H2,1H3,(H,20,21). The van der Waals surface area contributed by atoms with Gasteiger partial charge in [-0.1, -0.05) is 12.5 Å². The van der Waals surface area contributed by atoms with Crippen LogP contribution in [0.4, 0.5) is 4.39 Å². The molecule has 1 heterocycles. The zero-order valence-electron chi connectivity index (χ0n) is 13.0. The summed E-state index contributed by atoms with van der Waals surface area (Å²) in [7, 11) is 1.85. The molecule has 1 aliphatic carbocycles. The molecule has 5 heteroatoms. The van der Waals surface area contributed by atoms with Crippen LogP contribution in [0.15, 0.2) is 27.7 Å². The quantitative estimate of drug-likeness (QED) is 0.652. The van der Waals surface area contributed by atoms with Crippen LogP contribution >= 0.6 is 15.9 Å². The predicted molar refractivity (Wildman–Crippen MR) is 91.6 cm³/mol. The largest absolute Gasteiger partial charge is 0.356 e. The summed E-state index contributed by atoms with van der Waals surface area (Å²) in [4.78, 5) is 6.81. The summed E-state index contributed by atoms with van der Waals surface area (Å²) in [6.07, 6.45) is 6.31. The van der Waals surface area contributed by atoms with Gasteiger partial charge in [0.2, 0.25) is 0 Å². The molecule has 120 valence electrons. The Labute approximate surface area is 140 Å². The topological polar surface area (TPSA) is 27.6 Å². The summed E-state index contributed by atoms with van der Waals surface area (Å²) in [5.74, 6) is 0.792. The van der Waals surface area contributed by atoms with Crippen LogP contribution in [0.3, 0.4) is 0 Å². The lowest BCUT2D eigenvalue weighted by molar-refractivity contribution is 0.151. The van der Waals surface area contributed by atoms with Crippen LogP contribution in [0, 0.1) is 11.2 Å². The smallest absolute Gasteiger partial charge is 0.193 e. The molecule has 1 spiro atoms. The Balaban J connectivity index is 1.50. The maximum absolute atomic E-state index is 13.2. The van der Waals surface area contributed by atoms with Gasteiger partial charge in [-0.05, 0) is 64.7 Å². The monoisotopic (exact) mass is 367 g/mol. The van der Waals surface area contributed by atoms with E-state index in [9.17, 15) is 4.39 Å². The maximum atomic E-state index is 13.2. The average molecular weight is 368 g/mol. The fourth-order valence-electron chi connectivity index (χ4n) is 3.55. The van der Waals surface area contributed by atoms with Crippen LogP contribution in [0.1, 0.15) is 31.2 Å². The number of aliphatic imine (C=N–C) groups is 1. The Kier molecular flexibility index (Phi) is 4.71. The Morgan fingerprint density at radius 1 is 1.41 bits per heavy atom. The molecule has 0 bridgehead atoms. The van der Waals surface area contributed by atoms with Gasteiger partial charge < -0.3 is 10.2 Å². The third-order valence-electron chi connectivity index (χ3n) is 5.04. The first-order valence-corrected chi connectivity index (χ1v) is 8.81. The van der Waals surface area contributed by atoms with E-state index in [0.717, 1.165) is 37.6 Å². The molecule has 22 heavy (non-hydrogen) atoms. The van der Waals surface area contributed by atoms with Crippen molar-refractivity contribution >= 4 is 21.9 Å². The number of benzene rings is 1. The second kappa shape index (κ2) is 6.57. The molecule has 3 nitrogen and oxygen atoms in total. The molecule has 0 amide bonds. The number of nitrogens with one attached hydrogen (secondary N) is 1. The molecule has 1 aromatic rings. The molecular formula is C17H23BrFN3. The summed E-state index contributed by atoms with van der Waals surface area (Å²) >= 11 is 3.23. The molecule has 1 aliphatic heterocycles. The van der Waals surface area contributed by atoms with Crippen LogP contribution in [-0.4, -0.2) is 37.5 Å². The van der Waals surface area contributed by atoms with E-state index in [4.69, 9.17) is 0 Å². The molecular weight excluding hydrogens is 345 g/mol. The molecule has 2 fully saturated rings. The van der Waals surface area contributed by atoms with E-state index in [-0.39, 0.29) is 5.82 Å². The minimum atomic E-state index is -0.213. The van der Waals surface area contributed by atoms with Crippen LogP contribution in [0.25, 0.3) is 0 Å².